The second kappa shape index (κ2) is 11.5. The molecule has 0 saturated carbocycles. The zero-order chi connectivity index (χ0) is 17.3. The predicted octanol–water partition coefficient (Wildman–Crippen LogP) is 3.26. The fourth-order valence-electron chi connectivity index (χ4n) is 2.86. The number of rotatable bonds is 7. The average Bonchev–Trinajstić information content (AvgIpc) is 3.35. The highest BCUT2D eigenvalue weighted by Gasteiger charge is 2.19. The van der Waals surface area contributed by atoms with Gasteiger partial charge >= 0.3 is 0 Å². The number of hydrogen-bond donors (Lipinski definition) is 1. The third-order valence-corrected chi connectivity index (χ3v) is 5.11. The quantitative estimate of drug-likeness (QED) is 0.280. The van der Waals surface area contributed by atoms with E-state index in [4.69, 9.17) is 9.15 Å². The SMILES string of the molecule is CN=C(NCCCOCc1ccco1)N1CCN(c2cccs2)CC1.I. The lowest BCUT2D eigenvalue weighted by Gasteiger charge is -2.37. The van der Waals surface area contributed by atoms with Crippen LogP contribution in [0.2, 0.25) is 0 Å². The van der Waals surface area contributed by atoms with Crippen LogP contribution in [0.4, 0.5) is 5.00 Å². The normalized spacial score (nSPS) is 15.0. The lowest BCUT2D eigenvalue weighted by molar-refractivity contribution is 0.104. The van der Waals surface area contributed by atoms with Crippen LogP contribution in [0.25, 0.3) is 0 Å². The third-order valence-electron chi connectivity index (χ3n) is 4.18. The van der Waals surface area contributed by atoms with Crippen LogP contribution in [-0.4, -0.2) is 57.2 Å². The summed E-state index contributed by atoms with van der Waals surface area (Å²) in [7, 11) is 1.85. The molecule has 1 saturated heterocycles. The molecule has 1 fully saturated rings. The van der Waals surface area contributed by atoms with E-state index in [-0.39, 0.29) is 24.0 Å². The zero-order valence-electron chi connectivity index (χ0n) is 15.1. The van der Waals surface area contributed by atoms with Crippen LogP contribution in [0, 0.1) is 0 Å². The first-order chi connectivity index (χ1) is 12.4. The van der Waals surface area contributed by atoms with Gasteiger partial charge in [-0.3, -0.25) is 4.99 Å². The van der Waals surface area contributed by atoms with E-state index < -0.39 is 0 Å². The topological polar surface area (TPSA) is 53.2 Å². The van der Waals surface area contributed by atoms with Gasteiger partial charge in [0.1, 0.15) is 12.4 Å². The molecule has 0 spiro atoms. The molecule has 8 heteroatoms. The molecule has 0 aliphatic carbocycles. The molecule has 0 unspecified atom stereocenters. The molecule has 1 aliphatic heterocycles. The summed E-state index contributed by atoms with van der Waals surface area (Å²) >= 11 is 1.81. The van der Waals surface area contributed by atoms with Crippen LogP contribution in [0.15, 0.2) is 45.3 Å². The number of guanidine groups is 1. The van der Waals surface area contributed by atoms with Crippen molar-refractivity contribution in [3.05, 3.63) is 41.7 Å². The molecular formula is C18H27IN4O2S. The average molecular weight is 490 g/mol. The third kappa shape index (κ3) is 6.17. The highest BCUT2D eigenvalue weighted by atomic mass is 127. The maximum atomic E-state index is 5.60. The molecule has 3 heterocycles. The van der Waals surface area contributed by atoms with E-state index in [2.05, 4.69) is 37.6 Å². The first-order valence-electron chi connectivity index (χ1n) is 8.71. The Bertz CT molecular complexity index is 626. The molecule has 6 nitrogen and oxygen atoms in total. The summed E-state index contributed by atoms with van der Waals surface area (Å²) in [4.78, 5) is 9.19. The van der Waals surface area contributed by atoms with Gasteiger partial charge in [0.2, 0.25) is 0 Å². The maximum absolute atomic E-state index is 5.60. The number of piperazine rings is 1. The van der Waals surface area contributed by atoms with Crippen molar-refractivity contribution in [2.45, 2.75) is 13.0 Å². The van der Waals surface area contributed by atoms with Crippen molar-refractivity contribution in [2.24, 2.45) is 4.99 Å². The largest absolute Gasteiger partial charge is 0.467 e. The van der Waals surface area contributed by atoms with Crippen LogP contribution < -0.4 is 10.2 Å². The molecule has 144 valence electrons. The van der Waals surface area contributed by atoms with Crippen LogP contribution >= 0.6 is 35.3 Å². The van der Waals surface area contributed by atoms with Gasteiger partial charge in [-0.15, -0.1) is 35.3 Å². The molecule has 26 heavy (non-hydrogen) atoms. The Morgan fingerprint density at radius 3 is 2.77 bits per heavy atom. The number of thiophene rings is 1. The van der Waals surface area contributed by atoms with Crippen LogP contribution in [0.5, 0.6) is 0 Å². The molecular weight excluding hydrogens is 463 g/mol. The summed E-state index contributed by atoms with van der Waals surface area (Å²) < 4.78 is 10.8. The highest BCUT2D eigenvalue weighted by Crippen LogP contribution is 2.22. The summed E-state index contributed by atoms with van der Waals surface area (Å²) in [5.74, 6) is 1.85. The molecule has 0 amide bonds. The minimum Gasteiger partial charge on any atom is -0.467 e. The van der Waals surface area contributed by atoms with Crippen molar-refractivity contribution >= 4 is 46.3 Å². The molecule has 0 bridgehead atoms. The van der Waals surface area contributed by atoms with E-state index in [1.807, 2.05) is 19.2 Å². The van der Waals surface area contributed by atoms with Crippen molar-refractivity contribution in [3.8, 4) is 0 Å². The van der Waals surface area contributed by atoms with Gasteiger partial charge in [0.15, 0.2) is 5.96 Å². The predicted molar refractivity (Wildman–Crippen MR) is 118 cm³/mol. The number of hydrogen-bond acceptors (Lipinski definition) is 5. The van der Waals surface area contributed by atoms with Gasteiger partial charge in [-0.25, -0.2) is 0 Å². The van der Waals surface area contributed by atoms with E-state index >= 15 is 0 Å². The van der Waals surface area contributed by atoms with E-state index in [1.165, 1.54) is 5.00 Å². The summed E-state index contributed by atoms with van der Waals surface area (Å²) in [5.41, 5.74) is 0. The first kappa shape index (κ1) is 21.0. The van der Waals surface area contributed by atoms with E-state index in [9.17, 15) is 0 Å². The molecule has 1 aliphatic rings. The summed E-state index contributed by atoms with van der Waals surface area (Å²) in [6.45, 7) is 6.15. The number of halogens is 1. The Morgan fingerprint density at radius 2 is 2.12 bits per heavy atom. The minimum atomic E-state index is 0. The van der Waals surface area contributed by atoms with Crippen LogP contribution in [-0.2, 0) is 11.3 Å². The standard InChI is InChI=1S/C18H26N4O2S.HI/c1-19-18(20-7-4-12-23-15-16-5-2-13-24-16)22-10-8-21(9-11-22)17-6-3-14-25-17;/h2-3,5-6,13-14H,4,7-12,15H2,1H3,(H,19,20);1H. The number of nitrogens with one attached hydrogen (secondary N) is 1. The molecule has 0 atom stereocenters. The summed E-state index contributed by atoms with van der Waals surface area (Å²) in [6.07, 6.45) is 2.61. The first-order valence-corrected chi connectivity index (χ1v) is 9.59. The van der Waals surface area contributed by atoms with Gasteiger partial charge < -0.3 is 24.3 Å². The molecule has 1 N–H and O–H groups in total. The smallest absolute Gasteiger partial charge is 0.193 e. The minimum absolute atomic E-state index is 0. The number of ether oxygens (including phenoxy) is 1. The lowest BCUT2D eigenvalue weighted by Crippen LogP contribution is -2.52. The van der Waals surface area contributed by atoms with Crippen molar-refractivity contribution in [1.82, 2.24) is 10.2 Å². The molecule has 0 aromatic carbocycles. The molecule has 0 radical (unpaired) electrons. The van der Waals surface area contributed by atoms with Gasteiger partial charge in [-0.2, -0.15) is 0 Å². The van der Waals surface area contributed by atoms with Gasteiger partial charge in [0.05, 0.1) is 11.3 Å². The number of aliphatic imine (C=N–C) groups is 1. The van der Waals surface area contributed by atoms with Gasteiger partial charge in [0, 0.05) is 46.4 Å². The zero-order valence-corrected chi connectivity index (χ0v) is 18.2. The van der Waals surface area contributed by atoms with Gasteiger partial charge in [0.25, 0.3) is 0 Å². The highest BCUT2D eigenvalue weighted by molar-refractivity contribution is 14.0. The fraction of sp³-hybridized carbons (Fsp3) is 0.500. The fourth-order valence-corrected chi connectivity index (χ4v) is 3.65. The van der Waals surface area contributed by atoms with Crippen molar-refractivity contribution < 1.29 is 9.15 Å². The van der Waals surface area contributed by atoms with Gasteiger partial charge in [-0.1, -0.05) is 0 Å². The second-order valence-corrected chi connectivity index (χ2v) is 6.81. The number of furan rings is 1. The van der Waals surface area contributed by atoms with E-state index in [0.29, 0.717) is 13.2 Å². The van der Waals surface area contributed by atoms with Crippen LogP contribution in [0.3, 0.4) is 0 Å². The Hall–Kier alpha value is -1.26. The molecule has 2 aromatic heterocycles. The maximum Gasteiger partial charge on any atom is 0.193 e. The van der Waals surface area contributed by atoms with Crippen molar-refractivity contribution in [2.75, 3.05) is 51.3 Å². The van der Waals surface area contributed by atoms with E-state index in [0.717, 1.165) is 50.9 Å². The van der Waals surface area contributed by atoms with Gasteiger partial charge in [-0.05, 0) is 36.1 Å². The Kier molecular flexibility index (Phi) is 9.27. The number of anilines is 1. The van der Waals surface area contributed by atoms with Crippen molar-refractivity contribution in [1.29, 1.82) is 0 Å². The summed E-state index contributed by atoms with van der Waals surface area (Å²) in [5, 5.41) is 6.93. The lowest BCUT2D eigenvalue weighted by atomic mass is 10.3. The molecule has 3 rings (SSSR count). The van der Waals surface area contributed by atoms with Crippen molar-refractivity contribution in [3.63, 3.8) is 0 Å². The van der Waals surface area contributed by atoms with E-state index in [1.54, 1.807) is 17.6 Å². The number of nitrogens with zero attached hydrogens (tertiary/aromatic N) is 3. The molecule has 2 aromatic rings. The Balaban J connectivity index is 0.00000243. The second-order valence-electron chi connectivity index (χ2n) is 5.88. The van der Waals surface area contributed by atoms with Crippen LogP contribution in [0.1, 0.15) is 12.2 Å². The summed E-state index contributed by atoms with van der Waals surface area (Å²) in [6, 6.07) is 8.11. The Labute approximate surface area is 176 Å². The Morgan fingerprint density at radius 1 is 1.27 bits per heavy atom. The monoisotopic (exact) mass is 490 g/mol.